The summed E-state index contributed by atoms with van der Waals surface area (Å²) in [6, 6.07) is 10.0. The summed E-state index contributed by atoms with van der Waals surface area (Å²) in [6.07, 6.45) is 2.81. The van der Waals surface area contributed by atoms with E-state index in [9.17, 15) is 19.2 Å². The zero-order valence-electron chi connectivity index (χ0n) is 16.3. The maximum absolute atomic E-state index is 12.3. The number of carbonyl (C=O) groups is 4. The molecule has 0 aliphatic rings. The van der Waals surface area contributed by atoms with E-state index >= 15 is 0 Å². The predicted molar refractivity (Wildman–Crippen MR) is 110 cm³/mol. The van der Waals surface area contributed by atoms with Gasteiger partial charge in [-0.25, -0.2) is 0 Å². The molecule has 0 atom stereocenters. The van der Waals surface area contributed by atoms with Gasteiger partial charge in [0.25, 0.3) is 0 Å². The number of hydrogen-bond acceptors (Lipinski definition) is 7. The van der Waals surface area contributed by atoms with Gasteiger partial charge in [-0.1, -0.05) is 42.5 Å². The van der Waals surface area contributed by atoms with E-state index in [-0.39, 0.29) is 31.2 Å². The second-order valence-electron chi connectivity index (χ2n) is 5.96. The number of thiophene rings is 1. The summed E-state index contributed by atoms with van der Waals surface area (Å²) in [7, 11) is 0. The minimum atomic E-state index is -1.15. The maximum atomic E-state index is 12.3. The van der Waals surface area contributed by atoms with Gasteiger partial charge in [-0.05, 0) is 30.9 Å². The second-order valence-corrected chi connectivity index (χ2v) is 6.91. The molecule has 0 saturated heterocycles. The molecule has 0 saturated carbocycles. The third kappa shape index (κ3) is 6.50. The molecule has 0 aliphatic carbocycles. The Labute approximate surface area is 173 Å². The fraction of sp³-hybridized carbons (Fsp3) is 0.273. The zero-order chi connectivity index (χ0) is 21.2. The molecule has 29 heavy (non-hydrogen) atoms. The lowest BCUT2D eigenvalue weighted by Gasteiger charge is -2.10. The molecule has 0 N–H and O–H groups in total. The first kappa shape index (κ1) is 22.2. The summed E-state index contributed by atoms with van der Waals surface area (Å²) >= 11 is 1.30. The lowest BCUT2D eigenvalue weighted by atomic mass is 10.0. The minimum Gasteiger partial charge on any atom is -0.465 e. The largest absolute Gasteiger partial charge is 0.465 e. The van der Waals surface area contributed by atoms with Gasteiger partial charge in [-0.15, -0.1) is 11.3 Å². The molecule has 0 amide bonds. The van der Waals surface area contributed by atoms with Crippen molar-refractivity contribution in [3.63, 3.8) is 0 Å². The Morgan fingerprint density at radius 1 is 0.931 bits per heavy atom. The molecule has 6 nitrogen and oxygen atoms in total. The summed E-state index contributed by atoms with van der Waals surface area (Å²) in [5.74, 6) is -2.99. The van der Waals surface area contributed by atoms with E-state index < -0.39 is 17.9 Å². The van der Waals surface area contributed by atoms with Gasteiger partial charge >= 0.3 is 11.9 Å². The molecule has 7 heteroatoms. The average molecular weight is 414 g/mol. The van der Waals surface area contributed by atoms with Crippen LogP contribution in [-0.2, 0) is 19.1 Å². The number of hydrogen-bond donors (Lipinski definition) is 0. The van der Waals surface area contributed by atoms with Crippen molar-refractivity contribution in [1.82, 2.24) is 0 Å². The van der Waals surface area contributed by atoms with Gasteiger partial charge < -0.3 is 9.47 Å². The molecule has 0 spiro atoms. The van der Waals surface area contributed by atoms with Crippen LogP contribution in [0.25, 0.3) is 6.08 Å². The van der Waals surface area contributed by atoms with Crippen LogP contribution >= 0.6 is 11.3 Å². The third-order valence-electron chi connectivity index (χ3n) is 3.91. The molecule has 0 unspecified atom stereocenters. The SMILES string of the molecule is CCOC(=O)C(C=Cc1ccc(C(=O)CC(=O)c2cccs2)cc1)C(=O)OCC. The van der Waals surface area contributed by atoms with E-state index in [1.54, 1.807) is 61.7 Å². The summed E-state index contributed by atoms with van der Waals surface area (Å²) in [5.41, 5.74) is 1.10. The maximum Gasteiger partial charge on any atom is 0.324 e. The lowest BCUT2D eigenvalue weighted by Crippen LogP contribution is -2.26. The van der Waals surface area contributed by atoms with Crippen LogP contribution in [0.15, 0.2) is 47.9 Å². The molecule has 152 valence electrons. The van der Waals surface area contributed by atoms with Crippen LogP contribution in [0.1, 0.15) is 45.9 Å². The van der Waals surface area contributed by atoms with Gasteiger partial charge in [-0.3, -0.25) is 19.2 Å². The van der Waals surface area contributed by atoms with Crippen molar-refractivity contribution in [3.8, 4) is 0 Å². The quantitative estimate of drug-likeness (QED) is 0.332. The molecule has 0 bridgehead atoms. The first-order valence-electron chi connectivity index (χ1n) is 9.17. The van der Waals surface area contributed by atoms with Crippen molar-refractivity contribution in [2.45, 2.75) is 20.3 Å². The second kappa shape index (κ2) is 11.1. The number of esters is 2. The van der Waals surface area contributed by atoms with Crippen LogP contribution in [0, 0.1) is 5.92 Å². The van der Waals surface area contributed by atoms with Crippen LogP contribution in [0.2, 0.25) is 0 Å². The van der Waals surface area contributed by atoms with Crippen LogP contribution < -0.4 is 0 Å². The highest BCUT2D eigenvalue weighted by atomic mass is 32.1. The standard InChI is InChI=1S/C22H22O6S/c1-3-27-21(25)17(22(26)28-4-2)12-9-15-7-10-16(11-8-15)18(23)14-19(24)20-6-5-13-29-20/h5-13,17H,3-4,14H2,1-2H3. The highest BCUT2D eigenvalue weighted by Crippen LogP contribution is 2.15. The molecule has 1 aromatic heterocycles. The Balaban J connectivity index is 2.05. The lowest BCUT2D eigenvalue weighted by molar-refractivity contribution is -0.158. The number of Topliss-reactive ketones (excluding diaryl/α,β-unsaturated/α-hetero) is 2. The van der Waals surface area contributed by atoms with Crippen molar-refractivity contribution < 1.29 is 28.7 Å². The van der Waals surface area contributed by atoms with Crippen molar-refractivity contribution in [1.29, 1.82) is 0 Å². The van der Waals surface area contributed by atoms with Crippen molar-refractivity contribution in [2.24, 2.45) is 5.92 Å². The summed E-state index contributed by atoms with van der Waals surface area (Å²) in [4.78, 5) is 48.9. The predicted octanol–water partition coefficient (Wildman–Crippen LogP) is 3.96. The first-order chi connectivity index (χ1) is 14.0. The summed E-state index contributed by atoms with van der Waals surface area (Å²) < 4.78 is 9.82. The Bertz CT molecular complexity index is 863. The molecule has 2 aromatic rings. The topological polar surface area (TPSA) is 86.7 Å². The van der Waals surface area contributed by atoms with Crippen LogP contribution in [0.3, 0.4) is 0 Å². The van der Waals surface area contributed by atoms with Gasteiger partial charge in [0.1, 0.15) is 0 Å². The van der Waals surface area contributed by atoms with Crippen LogP contribution in [-0.4, -0.2) is 36.7 Å². The fourth-order valence-corrected chi connectivity index (χ4v) is 3.14. The highest BCUT2D eigenvalue weighted by molar-refractivity contribution is 7.12. The molecule has 0 aliphatic heterocycles. The smallest absolute Gasteiger partial charge is 0.324 e. The monoisotopic (exact) mass is 414 g/mol. The zero-order valence-corrected chi connectivity index (χ0v) is 17.1. The molecule has 0 fully saturated rings. The van der Waals surface area contributed by atoms with Gasteiger partial charge in [0.05, 0.1) is 24.5 Å². The van der Waals surface area contributed by atoms with E-state index in [0.29, 0.717) is 16.0 Å². The average Bonchev–Trinajstić information content (AvgIpc) is 3.24. The minimum absolute atomic E-state index is 0.156. The number of ketones is 2. The third-order valence-corrected chi connectivity index (χ3v) is 4.82. The van der Waals surface area contributed by atoms with Crippen molar-refractivity contribution in [3.05, 3.63) is 63.9 Å². The first-order valence-corrected chi connectivity index (χ1v) is 10.1. The van der Waals surface area contributed by atoms with E-state index in [1.807, 2.05) is 0 Å². The van der Waals surface area contributed by atoms with Crippen molar-refractivity contribution >= 4 is 40.9 Å². The molecular weight excluding hydrogens is 392 g/mol. The van der Waals surface area contributed by atoms with Gasteiger partial charge in [0.2, 0.25) is 0 Å². The normalized spacial score (nSPS) is 10.9. The number of carbonyl (C=O) groups excluding carboxylic acids is 4. The Kier molecular flexibility index (Phi) is 8.48. The highest BCUT2D eigenvalue weighted by Gasteiger charge is 2.26. The summed E-state index contributed by atoms with van der Waals surface area (Å²) in [6.45, 7) is 3.62. The van der Waals surface area contributed by atoms with Gasteiger partial charge in [0.15, 0.2) is 17.5 Å². The number of rotatable bonds is 10. The molecule has 1 aromatic carbocycles. The Morgan fingerprint density at radius 3 is 2.07 bits per heavy atom. The van der Waals surface area contributed by atoms with Gasteiger partial charge in [0, 0.05) is 5.56 Å². The van der Waals surface area contributed by atoms with Crippen molar-refractivity contribution in [2.75, 3.05) is 13.2 Å². The summed E-state index contributed by atoms with van der Waals surface area (Å²) in [5, 5.41) is 1.79. The van der Waals surface area contributed by atoms with Crippen LogP contribution in [0.5, 0.6) is 0 Å². The van der Waals surface area contributed by atoms with Gasteiger partial charge in [-0.2, -0.15) is 0 Å². The fourth-order valence-electron chi connectivity index (χ4n) is 2.48. The Hall–Kier alpha value is -3.06. The molecular formula is C22H22O6S. The Morgan fingerprint density at radius 2 is 1.55 bits per heavy atom. The molecule has 1 heterocycles. The van der Waals surface area contributed by atoms with E-state index in [2.05, 4.69) is 0 Å². The van der Waals surface area contributed by atoms with E-state index in [0.717, 1.165) is 0 Å². The van der Waals surface area contributed by atoms with E-state index in [1.165, 1.54) is 17.4 Å². The molecule has 0 radical (unpaired) electrons. The number of ether oxygens (including phenoxy) is 2. The molecule has 2 rings (SSSR count). The van der Waals surface area contributed by atoms with E-state index in [4.69, 9.17) is 9.47 Å². The van der Waals surface area contributed by atoms with Crippen LogP contribution in [0.4, 0.5) is 0 Å². The number of benzene rings is 1.